The number of nitrogens with zero attached hydrogens (tertiary/aromatic N) is 2. The number of sulfonamides is 1. The summed E-state index contributed by atoms with van der Waals surface area (Å²) in [6.07, 6.45) is 2.33. The predicted molar refractivity (Wildman–Crippen MR) is 97.2 cm³/mol. The quantitative estimate of drug-likeness (QED) is 0.863. The van der Waals surface area contributed by atoms with Crippen LogP contribution in [0.3, 0.4) is 0 Å². The van der Waals surface area contributed by atoms with Crippen LogP contribution < -0.4 is 10.2 Å². The fourth-order valence-corrected chi connectivity index (χ4v) is 4.17. The Morgan fingerprint density at radius 1 is 1.16 bits per heavy atom. The molecular formula is C17H25N3O4S. The molecule has 1 aromatic rings. The topological polar surface area (TPSA) is 79.0 Å². The smallest absolute Gasteiger partial charge is 0.227 e. The predicted octanol–water partition coefficient (Wildman–Crippen LogP) is 1.13. The van der Waals surface area contributed by atoms with Crippen molar-refractivity contribution in [3.8, 4) is 0 Å². The summed E-state index contributed by atoms with van der Waals surface area (Å²) in [6.45, 7) is 3.95. The molecular weight excluding hydrogens is 342 g/mol. The third-order valence-corrected chi connectivity index (χ3v) is 6.09. The van der Waals surface area contributed by atoms with E-state index in [1.54, 1.807) is 0 Å². The Hall–Kier alpha value is -1.64. The SMILES string of the molecule is CS(=O)(=O)N1CCC(C(=O)Nc2cccc(N3CCOCC3)c2)CC1. The zero-order chi connectivity index (χ0) is 17.9. The largest absolute Gasteiger partial charge is 0.378 e. The van der Waals surface area contributed by atoms with Crippen molar-refractivity contribution in [2.75, 3.05) is 55.9 Å². The van der Waals surface area contributed by atoms with E-state index in [9.17, 15) is 13.2 Å². The van der Waals surface area contributed by atoms with Gasteiger partial charge in [-0.2, -0.15) is 0 Å². The maximum Gasteiger partial charge on any atom is 0.227 e. The maximum atomic E-state index is 12.5. The Kier molecular flexibility index (Phi) is 5.61. The molecule has 7 nitrogen and oxygen atoms in total. The molecule has 0 aromatic heterocycles. The van der Waals surface area contributed by atoms with Gasteiger partial charge in [-0.05, 0) is 31.0 Å². The van der Waals surface area contributed by atoms with Crippen LogP contribution >= 0.6 is 0 Å². The third kappa shape index (κ3) is 4.71. The number of piperidine rings is 1. The molecule has 2 aliphatic rings. The maximum absolute atomic E-state index is 12.5. The van der Waals surface area contributed by atoms with Crippen molar-refractivity contribution in [2.24, 2.45) is 5.92 Å². The first-order chi connectivity index (χ1) is 11.9. The highest BCUT2D eigenvalue weighted by molar-refractivity contribution is 7.88. The standard InChI is InChI=1S/C17H25N3O4S/c1-25(22,23)20-7-5-14(6-8-20)17(21)18-15-3-2-4-16(13-15)19-9-11-24-12-10-19/h2-4,13-14H,5-12H2,1H3,(H,18,21). The van der Waals surface area contributed by atoms with Crippen molar-refractivity contribution in [3.05, 3.63) is 24.3 Å². The second kappa shape index (κ2) is 7.72. The van der Waals surface area contributed by atoms with E-state index in [2.05, 4.69) is 10.2 Å². The normalized spacial score (nSPS) is 20.4. The number of carbonyl (C=O) groups is 1. The zero-order valence-electron chi connectivity index (χ0n) is 14.5. The second-order valence-corrected chi connectivity index (χ2v) is 8.56. The van der Waals surface area contributed by atoms with E-state index in [4.69, 9.17) is 4.74 Å². The third-order valence-electron chi connectivity index (χ3n) is 4.78. The molecule has 0 aliphatic carbocycles. The van der Waals surface area contributed by atoms with Gasteiger partial charge in [0.1, 0.15) is 0 Å². The zero-order valence-corrected chi connectivity index (χ0v) is 15.3. The van der Waals surface area contributed by atoms with Crippen LogP contribution in [0.1, 0.15) is 12.8 Å². The molecule has 2 heterocycles. The van der Waals surface area contributed by atoms with E-state index >= 15 is 0 Å². The van der Waals surface area contributed by atoms with Gasteiger partial charge in [0.2, 0.25) is 15.9 Å². The molecule has 0 saturated carbocycles. The number of amides is 1. The monoisotopic (exact) mass is 367 g/mol. The highest BCUT2D eigenvalue weighted by atomic mass is 32.2. The molecule has 0 atom stereocenters. The molecule has 0 unspecified atom stereocenters. The number of morpholine rings is 1. The van der Waals surface area contributed by atoms with Crippen molar-refractivity contribution in [3.63, 3.8) is 0 Å². The summed E-state index contributed by atoms with van der Waals surface area (Å²) in [5, 5.41) is 2.98. The minimum absolute atomic E-state index is 0.0349. The Bertz CT molecular complexity index is 708. The number of carbonyl (C=O) groups excluding carboxylic acids is 1. The Balaban J connectivity index is 1.58. The van der Waals surface area contributed by atoms with Crippen LogP contribution in [-0.2, 0) is 19.6 Å². The molecule has 1 N–H and O–H groups in total. The molecule has 2 saturated heterocycles. The van der Waals surface area contributed by atoms with E-state index in [1.807, 2.05) is 24.3 Å². The first kappa shape index (κ1) is 18.2. The first-order valence-corrected chi connectivity index (χ1v) is 10.5. The molecule has 0 bridgehead atoms. The van der Waals surface area contributed by atoms with Crippen molar-refractivity contribution in [2.45, 2.75) is 12.8 Å². The van der Waals surface area contributed by atoms with E-state index in [1.165, 1.54) is 10.6 Å². The van der Waals surface area contributed by atoms with Crippen molar-refractivity contribution in [1.82, 2.24) is 4.31 Å². The van der Waals surface area contributed by atoms with Gasteiger partial charge in [-0.15, -0.1) is 0 Å². The van der Waals surface area contributed by atoms with Gasteiger partial charge in [0, 0.05) is 43.5 Å². The summed E-state index contributed by atoms with van der Waals surface area (Å²) in [5.74, 6) is -0.183. The molecule has 0 spiro atoms. The Morgan fingerprint density at radius 2 is 1.84 bits per heavy atom. The lowest BCUT2D eigenvalue weighted by Gasteiger charge is -2.30. The summed E-state index contributed by atoms with van der Waals surface area (Å²) in [6, 6.07) is 7.83. The number of nitrogens with one attached hydrogen (secondary N) is 1. The molecule has 0 radical (unpaired) electrons. The number of hydrogen-bond acceptors (Lipinski definition) is 5. The fraction of sp³-hybridized carbons (Fsp3) is 0.588. The van der Waals surface area contributed by atoms with Crippen LogP contribution in [0.2, 0.25) is 0 Å². The highest BCUT2D eigenvalue weighted by Gasteiger charge is 2.29. The highest BCUT2D eigenvalue weighted by Crippen LogP contribution is 2.24. The average molecular weight is 367 g/mol. The molecule has 2 fully saturated rings. The van der Waals surface area contributed by atoms with Crippen molar-refractivity contribution < 1.29 is 17.9 Å². The van der Waals surface area contributed by atoms with Gasteiger partial charge < -0.3 is 15.0 Å². The molecule has 8 heteroatoms. The van der Waals surface area contributed by atoms with Crippen LogP contribution in [0.5, 0.6) is 0 Å². The second-order valence-electron chi connectivity index (χ2n) is 6.58. The Labute approximate surface area is 149 Å². The van der Waals surface area contributed by atoms with Crippen LogP contribution in [0, 0.1) is 5.92 Å². The lowest BCUT2D eigenvalue weighted by Crippen LogP contribution is -2.40. The van der Waals surface area contributed by atoms with Crippen molar-refractivity contribution in [1.29, 1.82) is 0 Å². The molecule has 25 heavy (non-hydrogen) atoms. The van der Waals surface area contributed by atoms with Gasteiger partial charge >= 0.3 is 0 Å². The number of anilines is 2. The van der Waals surface area contributed by atoms with Crippen LogP contribution in [-0.4, -0.2) is 64.3 Å². The van der Waals surface area contributed by atoms with Gasteiger partial charge in [0.05, 0.1) is 19.5 Å². The average Bonchev–Trinajstić information content (AvgIpc) is 2.62. The molecule has 2 aliphatic heterocycles. The Morgan fingerprint density at radius 3 is 2.48 bits per heavy atom. The van der Waals surface area contributed by atoms with E-state index in [0.29, 0.717) is 25.9 Å². The van der Waals surface area contributed by atoms with Crippen LogP contribution in [0.15, 0.2) is 24.3 Å². The molecule has 3 rings (SSSR count). The summed E-state index contributed by atoms with van der Waals surface area (Å²) < 4.78 is 29.9. The van der Waals surface area contributed by atoms with Gasteiger partial charge in [0.25, 0.3) is 0 Å². The molecule has 1 amide bonds. The van der Waals surface area contributed by atoms with Crippen LogP contribution in [0.4, 0.5) is 11.4 Å². The van der Waals surface area contributed by atoms with E-state index < -0.39 is 10.0 Å². The van der Waals surface area contributed by atoms with E-state index in [0.717, 1.165) is 37.7 Å². The number of ether oxygens (including phenoxy) is 1. The fourth-order valence-electron chi connectivity index (χ4n) is 3.30. The summed E-state index contributed by atoms with van der Waals surface area (Å²) in [4.78, 5) is 14.7. The number of rotatable bonds is 4. The number of hydrogen-bond donors (Lipinski definition) is 1. The van der Waals surface area contributed by atoms with Gasteiger partial charge in [-0.3, -0.25) is 4.79 Å². The number of benzene rings is 1. The lowest BCUT2D eigenvalue weighted by molar-refractivity contribution is -0.120. The van der Waals surface area contributed by atoms with Crippen molar-refractivity contribution >= 4 is 27.3 Å². The summed E-state index contributed by atoms with van der Waals surface area (Å²) in [7, 11) is -3.17. The van der Waals surface area contributed by atoms with Gasteiger partial charge in [-0.25, -0.2) is 12.7 Å². The van der Waals surface area contributed by atoms with Gasteiger partial charge in [0.15, 0.2) is 0 Å². The van der Waals surface area contributed by atoms with E-state index in [-0.39, 0.29) is 11.8 Å². The minimum Gasteiger partial charge on any atom is -0.378 e. The summed E-state index contributed by atoms with van der Waals surface area (Å²) >= 11 is 0. The minimum atomic E-state index is -3.17. The molecule has 138 valence electrons. The molecule has 1 aromatic carbocycles. The lowest BCUT2D eigenvalue weighted by atomic mass is 9.97. The summed E-state index contributed by atoms with van der Waals surface area (Å²) in [5.41, 5.74) is 1.85. The first-order valence-electron chi connectivity index (χ1n) is 8.62. The van der Waals surface area contributed by atoms with Crippen LogP contribution in [0.25, 0.3) is 0 Å². The van der Waals surface area contributed by atoms with Gasteiger partial charge in [-0.1, -0.05) is 6.07 Å².